The van der Waals surface area contributed by atoms with Crippen molar-refractivity contribution >= 4 is 12.1 Å². The van der Waals surface area contributed by atoms with Gasteiger partial charge in [-0.1, -0.05) is 24.3 Å². The lowest BCUT2D eigenvalue weighted by atomic mass is 10.2. The van der Waals surface area contributed by atoms with Gasteiger partial charge in [-0.2, -0.15) is 0 Å². The number of aliphatic carboxylic acids is 1. The average Bonchev–Trinajstić information content (AvgIpc) is 2.29. The van der Waals surface area contributed by atoms with Gasteiger partial charge in [0.2, 0.25) is 0 Å². The third-order valence-electron chi connectivity index (χ3n) is 1.95. The molecule has 1 aromatic rings. The maximum absolute atomic E-state index is 11.4. The second-order valence-corrected chi connectivity index (χ2v) is 3.26. The SMILES string of the molecule is C=CCC(NC(=O)Oc1ccccc1)C(=O)O. The molecule has 0 aromatic heterocycles. The summed E-state index contributed by atoms with van der Waals surface area (Å²) in [5.41, 5.74) is 0. The van der Waals surface area contributed by atoms with Crippen molar-refractivity contribution < 1.29 is 19.4 Å². The number of para-hydroxylation sites is 1. The number of hydrogen-bond donors (Lipinski definition) is 2. The van der Waals surface area contributed by atoms with Crippen molar-refractivity contribution in [2.24, 2.45) is 0 Å². The lowest BCUT2D eigenvalue weighted by molar-refractivity contribution is -0.139. The standard InChI is InChI=1S/C12H13NO4/c1-2-6-10(11(14)15)13-12(16)17-9-7-4-3-5-8-9/h2-5,7-8,10H,1,6H2,(H,13,16)(H,14,15). The Hall–Kier alpha value is -2.30. The van der Waals surface area contributed by atoms with E-state index in [1.165, 1.54) is 6.08 Å². The molecule has 0 saturated carbocycles. The van der Waals surface area contributed by atoms with Crippen LogP contribution in [0.25, 0.3) is 0 Å². The summed E-state index contributed by atoms with van der Waals surface area (Å²) in [7, 11) is 0. The van der Waals surface area contributed by atoms with Crippen LogP contribution in [0.3, 0.4) is 0 Å². The van der Waals surface area contributed by atoms with Crippen LogP contribution >= 0.6 is 0 Å². The van der Waals surface area contributed by atoms with Crippen molar-refractivity contribution in [3.8, 4) is 5.75 Å². The minimum Gasteiger partial charge on any atom is -0.480 e. The molecule has 0 saturated heterocycles. The van der Waals surface area contributed by atoms with Gasteiger partial charge in [0, 0.05) is 0 Å². The Labute approximate surface area is 98.7 Å². The number of amides is 1. The van der Waals surface area contributed by atoms with Crippen LogP contribution in [0.1, 0.15) is 6.42 Å². The number of hydrogen-bond acceptors (Lipinski definition) is 3. The second-order valence-electron chi connectivity index (χ2n) is 3.26. The lowest BCUT2D eigenvalue weighted by Crippen LogP contribution is -2.41. The molecule has 0 aliphatic heterocycles. The normalized spacial score (nSPS) is 11.3. The Morgan fingerprint density at radius 2 is 2.06 bits per heavy atom. The highest BCUT2D eigenvalue weighted by atomic mass is 16.6. The predicted molar refractivity (Wildman–Crippen MR) is 61.8 cm³/mol. The summed E-state index contributed by atoms with van der Waals surface area (Å²) in [5, 5.41) is 11.0. The van der Waals surface area contributed by atoms with Gasteiger partial charge in [0.05, 0.1) is 0 Å². The van der Waals surface area contributed by atoms with Crippen molar-refractivity contribution in [2.75, 3.05) is 0 Å². The zero-order chi connectivity index (χ0) is 12.7. The third kappa shape index (κ3) is 4.38. The number of carbonyl (C=O) groups is 2. The Kier molecular flexibility index (Phi) is 4.75. The number of benzene rings is 1. The lowest BCUT2D eigenvalue weighted by Gasteiger charge is -2.12. The van der Waals surface area contributed by atoms with Crippen molar-refractivity contribution in [2.45, 2.75) is 12.5 Å². The van der Waals surface area contributed by atoms with Crippen LogP contribution in [0.5, 0.6) is 5.75 Å². The van der Waals surface area contributed by atoms with Crippen molar-refractivity contribution in [3.05, 3.63) is 43.0 Å². The average molecular weight is 235 g/mol. The molecule has 1 amide bonds. The molecule has 0 heterocycles. The van der Waals surface area contributed by atoms with Gasteiger partial charge in [0.1, 0.15) is 11.8 Å². The first-order chi connectivity index (χ1) is 8.13. The molecule has 0 spiro atoms. The number of rotatable bonds is 5. The van der Waals surface area contributed by atoms with Gasteiger partial charge in [-0.3, -0.25) is 0 Å². The Morgan fingerprint density at radius 3 is 2.59 bits per heavy atom. The molecule has 5 heteroatoms. The van der Waals surface area contributed by atoms with E-state index in [1.54, 1.807) is 30.3 Å². The number of carbonyl (C=O) groups excluding carboxylic acids is 1. The van der Waals surface area contributed by atoms with Gasteiger partial charge >= 0.3 is 12.1 Å². The first kappa shape index (κ1) is 12.8. The molecule has 0 aliphatic carbocycles. The van der Waals surface area contributed by atoms with Gasteiger partial charge in [-0.25, -0.2) is 9.59 Å². The number of nitrogens with one attached hydrogen (secondary N) is 1. The summed E-state index contributed by atoms with van der Waals surface area (Å²) in [5.74, 6) is -0.775. The van der Waals surface area contributed by atoms with Crippen molar-refractivity contribution in [1.29, 1.82) is 0 Å². The largest absolute Gasteiger partial charge is 0.480 e. The van der Waals surface area contributed by atoms with E-state index in [4.69, 9.17) is 9.84 Å². The molecule has 1 atom stereocenters. The van der Waals surface area contributed by atoms with Crippen molar-refractivity contribution in [1.82, 2.24) is 5.32 Å². The van der Waals surface area contributed by atoms with Gasteiger partial charge in [0.25, 0.3) is 0 Å². The van der Waals surface area contributed by atoms with Gasteiger partial charge in [0.15, 0.2) is 0 Å². The Morgan fingerprint density at radius 1 is 1.41 bits per heavy atom. The molecular formula is C12H13NO4. The molecule has 0 fully saturated rings. The highest BCUT2D eigenvalue weighted by Gasteiger charge is 2.19. The number of carboxylic acids is 1. The van der Waals surface area contributed by atoms with Crippen LogP contribution in [0.2, 0.25) is 0 Å². The molecule has 0 bridgehead atoms. The highest BCUT2D eigenvalue weighted by molar-refractivity contribution is 5.80. The third-order valence-corrected chi connectivity index (χ3v) is 1.95. The predicted octanol–water partition coefficient (Wildman–Crippen LogP) is 1.80. The first-order valence-corrected chi connectivity index (χ1v) is 5.00. The topological polar surface area (TPSA) is 75.6 Å². The van der Waals surface area contributed by atoms with Crippen LogP contribution in [0.4, 0.5) is 4.79 Å². The zero-order valence-corrected chi connectivity index (χ0v) is 9.13. The van der Waals surface area contributed by atoms with Crippen molar-refractivity contribution in [3.63, 3.8) is 0 Å². The Bertz CT molecular complexity index is 402. The molecule has 1 rings (SSSR count). The van der Waals surface area contributed by atoms with E-state index in [-0.39, 0.29) is 6.42 Å². The fraction of sp³-hybridized carbons (Fsp3) is 0.167. The van der Waals surface area contributed by atoms with E-state index in [9.17, 15) is 9.59 Å². The van der Waals surface area contributed by atoms with Crippen LogP contribution in [-0.2, 0) is 4.79 Å². The summed E-state index contributed by atoms with van der Waals surface area (Å²) in [6.45, 7) is 3.42. The molecule has 1 aromatic carbocycles. The zero-order valence-electron chi connectivity index (χ0n) is 9.13. The summed E-state index contributed by atoms with van der Waals surface area (Å²) in [4.78, 5) is 22.1. The number of carboxylic acid groups (broad SMARTS) is 1. The molecule has 1 unspecified atom stereocenters. The summed E-state index contributed by atoms with van der Waals surface area (Å²) in [6, 6.07) is 7.37. The van der Waals surface area contributed by atoms with E-state index in [2.05, 4.69) is 11.9 Å². The van der Waals surface area contributed by atoms with Gasteiger partial charge in [-0.15, -0.1) is 6.58 Å². The molecule has 17 heavy (non-hydrogen) atoms. The monoisotopic (exact) mass is 235 g/mol. The second kappa shape index (κ2) is 6.32. The summed E-state index contributed by atoms with van der Waals surface area (Å²) < 4.78 is 4.89. The Balaban J connectivity index is 2.53. The van der Waals surface area contributed by atoms with Gasteiger partial charge < -0.3 is 15.2 Å². The van der Waals surface area contributed by atoms with Crippen LogP contribution in [0, 0.1) is 0 Å². The summed E-state index contributed by atoms with van der Waals surface area (Å²) in [6.07, 6.45) is 0.756. The van der Waals surface area contributed by atoms with Crippen LogP contribution in [-0.4, -0.2) is 23.2 Å². The van der Waals surface area contributed by atoms with Crippen LogP contribution in [0.15, 0.2) is 43.0 Å². The van der Waals surface area contributed by atoms with E-state index < -0.39 is 18.1 Å². The smallest absolute Gasteiger partial charge is 0.413 e. The highest BCUT2D eigenvalue weighted by Crippen LogP contribution is 2.08. The van der Waals surface area contributed by atoms with Gasteiger partial charge in [-0.05, 0) is 18.6 Å². The number of ether oxygens (including phenoxy) is 1. The first-order valence-electron chi connectivity index (χ1n) is 5.00. The van der Waals surface area contributed by atoms with E-state index in [1.807, 2.05) is 0 Å². The molecule has 0 aliphatic rings. The van der Waals surface area contributed by atoms with E-state index >= 15 is 0 Å². The fourth-order valence-corrected chi connectivity index (χ4v) is 1.16. The molecule has 5 nitrogen and oxygen atoms in total. The minimum atomic E-state index is -1.13. The maximum atomic E-state index is 11.4. The molecule has 0 radical (unpaired) electrons. The molecule has 2 N–H and O–H groups in total. The van der Waals surface area contributed by atoms with E-state index in [0.29, 0.717) is 5.75 Å². The van der Waals surface area contributed by atoms with Crippen LogP contribution < -0.4 is 10.1 Å². The summed E-state index contributed by atoms with van der Waals surface area (Å²) >= 11 is 0. The van der Waals surface area contributed by atoms with E-state index in [0.717, 1.165) is 0 Å². The fourth-order valence-electron chi connectivity index (χ4n) is 1.16. The maximum Gasteiger partial charge on any atom is 0.413 e. The minimum absolute atomic E-state index is 0.138. The molecule has 90 valence electrons. The quantitative estimate of drug-likeness (QED) is 0.763. The molecular weight excluding hydrogens is 222 g/mol.